The Kier molecular flexibility index (Phi) is 6.06. The normalized spacial score (nSPS) is 13.0. The number of hydrogen-bond donors (Lipinski definition) is 0. The Bertz CT molecular complexity index is 1390. The number of fused-ring (bicyclic) bond motifs is 2. The monoisotopic (exact) mass is 481 g/mol. The van der Waals surface area contributed by atoms with Crippen molar-refractivity contribution in [2.75, 3.05) is 14.1 Å². The second kappa shape index (κ2) is 9.34. The van der Waals surface area contributed by atoms with Crippen LogP contribution in [-0.4, -0.2) is 40.7 Å². The fourth-order valence-corrected chi connectivity index (χ4v) is 4.18. The van der Waals surface area contributed by atoms with E-state index in [-0.39, 0.29) is 35.3 Å². The maximum atomic E-state index is 13.3. The first-order valence-corrected chi connectivity index (χ1v) is 11.8. The zero-order chi connectivity index (χ0) is 25.4. The van der Waals surface area contributed by atoms with E-state index in [1.54, 1.807) is 42.1 Å². The van der Waals surface area contributed by atoms with E-state index in [4.69, 9.17) is 8.83 Å². The molecule has 5 rings (SSSR count). The molecule has 36 heavy (non-hydrogen) atoms. The summed E-state index contributed by atoms with van der Waals surface area (Å²) in [6, 6.07) is 23.6. The molecule has 0 aliphatic carbocycles. The van der Waals surface area contributed by atoms with Crippen LogP contribution in [-0.2, 0) is 0 Å². The summed E-state index contributed by atoms with van der Waals surface area (Å²) in [5.74, 6) is 0.758. The van der Waals surface area contributed by atoms with Gasteiger partial charge in [-0.25, -0.2) is 4.98 Å². The molecule has 3 heterocycles. The molecule has 2 amide bonds. The fraction of sp³-hybridized carbons (Fsp3) is 0.207. The van der Waals surface area contributed by atoms with Crippen molar-refractivity contribution in [3.63, 3.8) is 0 Å². The van der Waals surface area contributed by atoms with Crippen molar-refractivity contribution in [3.8, 4) is 0 Å². The van der Waals surface area contributed by atoms with Gasteiger partial charge in [-0.1, -0.05) is 42.5 Å². The highest BCUT2D eigenvalue weighted by Gasteiger charge is 2.26. The molecule has 7 heteroatoms. The lowest BCUT2D eigenvalue weighted by Crippen LogP contribution is -2.32. The van der Waals surface area contributed by atoms with Gasteiger partial charge in [0.25, 0.3) is 11.8 Å². The van der Waals surface area contributed by atoms with Gasteiger partial charge in [-0.05, 0) is 50.2 Å². The van der Waals surface area contributed by atoms with E-state index in [2.05, 4.69) is 4.98 Å². The fourth-order valence-electron chi connectivity index (χ4n) is 4.18. The largest absolute Gasteiger partial charge is 0.459 e. The highest BCUT2D eigenvalue weighted by Crippen LogP contribution is 2.29. The van der Waals surface area contributed by atoms with E-state index in [0.29, 0.717) is 11.5 Å². The second-order valence-electron chi connectivity index (χ2n) is 8.97. The van der Waals surface area contributed by atoms with Crippen molar-refractivity contribution in [1.29, 1.82) is 0 Å². The van der Waals surface area contributed by atoms with E-state index in [9.17, 15) is 9.59 Å². The van der Waals surface area contributed by atoms with Crippen LogP contribution in [0.25, 0.3) is 21.9 Å². The van der Waals surface area contributed by atoms with Crippen molar-refractivity contribution in [1.82, 2.24) is 14.8 Å². The zero-order valence-electron chi connectivity index (χ0n) is 20.6. The summed E-state index contributed by atoms with van der Waals surface area (Å²) in [7, 11) is 3.40. The lowest BCUT2D eigenvalue weighted by atomic mass is 10.1. The number of carbonyl (C=O) groups excluding carboxylic acids is 2. The van der Waals surface area contributed by atoms with E-state index in [1.807, 2.05) is 74.5 Å². The zero-order valence-corrected chi connectivity index (χ0v) is 20.6. The number of benzene rings is 2. The summed E-state index contributed by atoms with van der Waals surface area (Å²) in [4.78, 5) is 34.0. The molecular weight excluding hydrogens is 454 g/mol. The number of nitrogens with zero attached hydrogens (tertiary/aromatic N) is 3. The Balaban J connectivity index is 1.34. The lowest BCUT2D eigenvalue weighted by molar-refractivity contribution is 0.0713. The van der Waals surface area contributed by atoms with Gasteiger partial charge in [-0.15, -0.1) is 0 Å². The molecule has 0 saturated heterocycles. The van der Waals surface area contributed by atoms with Crippen LogP contribution in [0.5, 0.6) is 0 Å². The standard InChI is InChI=1S/C29H27N3O4/c1-18(26-16-20-10-5-7-14-24(20)35-26)31(3)28(33)22-12-9-13-23(30-22)29(34)32(4)19(2)27-17-21-11-6-8-15-25(21)36-27/h5-19H,1-4H3. The Labute approximate surface area is 208 Å². The molecule has 0 spiro atoms. The molecule has 0 N–H and O–H groups in total. The minimum atomic E-state index is -0.318. The molecule has 0 saturated carbocycles. The van der Waals surface area contributed by atoms with Gasteiger partial charge in [-0.2, -0.15) is 0 Å². The van der Waals surface area contributed by atoms with Gasteiger partial charge < -0.3 is 18.6 Å². The third-order valence-electron chi connectivity index (χ3n) is 6.70. The summed E-state index contributed by atoms with van der Waals surface area (Å²) in [5, 5.41) is 1.96. The highest BCUT2D eigenvalue weighted by atomic mass is 16.3. The van der Waals surface area contributed by atoms with Gasteiger partial charge in [-0.3, -0.25) is 9.59 Å². The topological polar surface area (TPSA) is 79.8 Å². The van der Waals surface area contributed by atoms with Crippen molar-refractivity contribution in [2.45, 2.75) is 25.9 Å². The smallest absolute Gasteiger partial charge is 0.272 e. The number of hydrogen-bond acceptors (Lipinski definition) is 5. The molecule has 5 aromatic rings. The first-order chi connectivity index (χ1) is 17.3. The Morgan fingerprint density at radius 3 is 1.50 bits per heavy atom. The summed E-state index contributed by atoms with van der Waals surface area (Å²) < 4.78 is 11.9. The van der Waals surface area contributed by atoms with Crippen LogP contribution in [0, 0.1) is 0 Å². The summed E-state index contributed by atoms with van der Waals surface area (Å²) >= 11 is 0. The molecule has 0 radical (unpaired) electrons. The molecule has 2 aromatic carbocycles. The maximum absolute atomic E-state index is 13.3. The van der Waals surface area contributed by atoms with E-state index >= 15 is 0 Å². The number of aromatic nitrogens is 1. The van der Waals surface area contributed by atoms with Crippen molar-refractivity contribution in [3.05, 3.63) is 102 Å². The Hall–Kier alpha value is -4.39. The molecular formula is C29H27N3O4. The lowest BCUT2D eigenvalue weighted by Gasteiger charge is -2.24. The molecule has 0 fully saturated rings. The molecule has 182 valence electrons. The highest BCUT2D eigenvalue weighted by molar-refractivity contribution is 5.96. The quantitative estimate of drug-likeness (QED) is 0.287. The van der Waals surface area contributed by atoms with Crippen LogP contribution in [0.3, 0.4) is 0 Å². The van der Waals surface area contributed by atoms with Crippen LogP contribution in [0.1, 0.15) is 58.4 Å². The van der Waals surface area contributed by atoms with E-state index < -0.39 is 0 Å². The third kappa shape index (κ3) is 4.24. The van der Waals surface area contributed by atoms with Crippen LogP contribution in [0.2, 0.25) is 0 Å². The number of rotatable bonds is 6. The molecule has 7 nitrogen and oxygen atoms in total. The average molecular weight is 482 g/mol. The predicted molar refractivity (Wildman–Crippen MR) is 138 cm³/mol. The molecule has 2 atom stereocenters. The van der Waals surface area contributed by atoms with Gasteiger partial charge in [0, 0.05) is 24.9 Å². The SMILES string of the molecule is CC(c1cc2ccccc2o1)N(C)C(=O)c1cccc(C(=O)N(C)C(C)c2cc3ccccc3o2)n1. The second-order valence-corrected chi connectivity index (χ2v) is 8.97. The van der Waals surface area contributed by atoms with Crippen LogP contribution < -0.4 is 0 Å². The number of carbonyl (C=O) groups is 2. The minimum Gasteiger partial charge on any atom is -0.459 e. The molecule has 0 bridgehead atoms. The Morgan fingerprint density at radius 1 is 0.667 bits per heavy atom. The van der Waals surface area contributed by atoms with E-state index in [0.717, 1.165) is 21.9 Å². The summed E-state index contributed by atoms with van der Waals surface area (Å²) in [6.07, 6.45) is 0. The molecule has 3 aromatic heterocycles. The number of pyridine rings is 1. The third-order valence-corrected chi connectivity index (χ3v) is 6.70. The number of furan rings is 2. The first-order valence-electron chi connectivity index (χ1n) is 11.8. The molecule has 2 unspecified atom stereocenters. The summed E-state index contributed by atoms with van der Waals surface area (Å²) in [5.41, 5.74) is 1.92. The predicted octanol–water partition coefficient (Wildman–Crippen LogP) is 6.24. The van der Waals surface area contributed by atoms with Crippen molar-refractivity contribution < 1.29 is 18.4 Å². The van der Waals surface area contributed by atoms with Crippen LogP contribution in [0.4, 0.5) is 0 Å². The number of amides is 2. The average Bonchev–Trinajstić information content (AvgIpc) is 3.55. The van der Waals surface area contributed by atoms with Gasteiger partial charge in [0.05, 0.1) is 12.1 Å². The minimum absolute atomic E-state index is 0.191. The van der Waals surface area contributed by atoms with Crippen molar-refractivity contribution >= 4 is 33.8 Å². The molecule has 0 aliphatic heterocycles. The maximum Gasteiger partial charge on any atom is 0.272 e. The summed E-state index contributed by atoms with van der Waals surface area (Å²) in [6.45, 7) is 3.79. The Morgan fingerprint density at radius 2 is 1.08 bits per heavy atom. The van der Waals surface area contributed by atoms with Crippen LogP contribution in [0.15, 0.2) is 87.7 Å². The first kappa shape index (κ1) is 23.4. The van der Waals surface area contributed by atoms with Crippen molar-refractivity contribution in [2.24, 2.45) is 0 Å². The number of para-hydroxylation sites is 2. The van der Waals surface area contributed by atoms with Crippen LogP contribution >= 0.6 is 0 Å². The van der Waals surface area contributed by atoms with Gasteiger partial charge in [0.15, 0.2) is 0 Å². The van der Waals surface area contributed by atoms with Gasteiger partial charge in [0.1, 0.15) is 34.1 Å². The van der Waals surface area contributed by atoms with Gasteiger partial charge in [0.2, 0.25) is 0 Å². The van der Waals surface area contributed by atoms with Gasteiger partial charge >= 0.3 is 0 Å². The molecule has 0 aliphatic rings. The van der Waals surface area contributed by atoms with E-state index in [1.165, 1.54) is 0 Å².